The van der Waals surface area contributed by atoms with Gasteiger partial charge in [-0.3, -0.25) is 4.79 Å². The molecule has 0 bridgehead atoms. The van der Waals surface area contributed by atoms with E-state index in [0.717, 1.165) is 5.56 Å². The molecule has 132 valence electrons. The third kappa shape index (κ3) is 4.35. The molecule has 2 aromatic rings. The van der Waals surface area contributed by atoms with Crippen molar-refractivity contribution >= 4 is 11.6 Å². The third-order valence-corrected chi connectivity index (χ3v) is 4.20. The van der Waals surface area contributed by atoms with Gasteiger partial charge in [-0.2, -0.15) is 0 Å². The summed E-state index contributed by atoms with van der Waals surface area (Å²) in [5, 5.41) is 12.7. The Kier molecular flexibility index (Phi) is 5.63. The van der Waals surface area contributed by atoms with Gasteiger partial charge >= 0.3 is 0 Å². The largest absolute Gasteiger partial charge is 0.387 e. The molecule has 3 rings (SSSR count). The second kappa shape index (κ2) is 8.09. The summed E-state index contributed by atoms with van der Waals surface area (Å²) in [6, 6.07) is 13.5. The zero-order chi connectivity index (χ0) is 17.6. The molecule has 1 aliphatic rings. The number of hydrogen-bond acceptors (Lipinski definition) is 4. The van der Waals surface area contributed by atoms with Crippen molar-refractivity contribution in [2.45, 2.75) is 6.10 Å². The van der Waals surface area contributed by atoms with Gasteiger partial charge in [0.25, 0.3) is 5.91 Å². The highest BCUT2D eigenvalue weighted by molar-refractivity contribution is 5.94. The average Bonchev–Trinajstić information content (AvgIpc) is 2.67. The summed E-state index contributed by atoms with van der Waals surface area (Å²) in [5.74, 6) is -0.847. The summed E-state index contributed by atoms with van der Waals surface area (Å²) >= 11 is 0. The number of rotatable bonds is 5. The number of carbonyl (C=O) groups is 1. The summed E-state index contributed by atoms with van der Waals surface area (Å²) < 4.78 is 19.6. The van der Waals surface area contributed by atoms with Gasteiger partial charge in [0.1, 0.15) is 5.82 Å². The zero-order valence-electron chi connectivity index (χ0n) is 13.8. The van der Waals surface area contributed by atoms with E-state index in [1.807, 2.05) is 23.1 Å². The number of morpholine rings is 1. The number of nitrogens with zero attached hydrogens (tertiary/aromatic N) is 1. The van der Waals surface area contributed by atoms with Gasteiger partial charge in [0.15, 0.2) is 0 Å². The quantitative estimate of drug-likeness (QED) is 0.872. The monoisotopic (exact) mass is 344 g/mol. The van der Waals surface area contributed by atoms with E-state index in [-0.39, 0.29) is 12.1 Å². The fourth-order valence-corrected chi connectivity index (χ4v) is 2.79. The number of ether oxygens (including phenoxy) is 1. The number of carbonyl (C=O) groups excluding carboxylic acids is 1. The third-order valence-electron chi connectivity index (χ3n) is 4.20. The van der Waals surface area contributed by atoms with Crippen LogP contribution in [-0.4, -0.2) is 43.9 Å². The minimum Gasteiger partial charge on any atom is -0.387 e. The number of aliphatic hydroxyl groups is 1. The Labute approximate surface area is 146 Å². The van der Waals surface area contributed by atoms with Crippen LogP contribution in [0.2, 0.25) is 0 Å². The van der Waals surface area contributed by atoms with E-state index < -0.39 is 17.8 Å². The number of halogens is 1. The molecule has 1 heterocycles. The molecule has 0 spiro atoms. The molecule has 6 heteroatoms. The summed E-state index contributed by atoms with van der Waals surface area (Å²) in [6.45, 7) is 2.46. The Hall–Kier alpha value is -2.44. The van der Waals surface area contributed by atoms with Crippen LogP contribution in [0, 0.1) is 5.82 Å². The maximum Gasteiger partial charge on any atom is 0.251 e. The normalized spacial score (nSPS) is 15.7. The molecule has 1 atom stereocenters. The van der Waals surface area contributed by atoms with Crippen LogP contribution < -0.4 is 10.2 Å². The summed E-state index contributed by atoms with van der Waals surface area (Å²) in [7, 11) is 0. The van der Waals surface area contributed by atoms with Crippen molar-refractivity contribution in [2.75, 3.05) is 37.7 Å². The summed E-state index contributed by atoms with van der Waals surface area (Å²) in [4.78, 5) is 14.1. The van der Waals surface area contributed by atoms with Gasteiger partial charge in [-0.25, -0.2) is 4.39 Å². The van der Waals surface area contributed by atoms with E-state index in [1.54, 1.807) is 24.3 Å². The number of hydrogen-bond donors (Lipinski definition) is 2. The topological polar surface area (TPSA) is 61.8 Å². The molecule has 1 amide bonds. The molecule has 1 fully saturated rings. The molecule has 0 radical (unpaired) electrons. The number of nitrogens with one attached hydrogen (secondary N) is 1. The number of amides is 1. The molecule has 0 unspecified atom stereocenters. The maximum atomic E-state index is 14.3. The lowest BCUT2D eigenvalue weighted by Crippen LogP contribution is -2.36. The second-order valence-electron chi connectivity index (χ2n) is 5.90. The van der Waals surface area contributed by atoms with Crippen LogP contribution in [0.1, 0.15) is 22.0 Å². The van der Waals surface area contributed by atoms with Crippen LogP contribution in [0.15, 0.2) is 48.5 Å². The van der Waals surface area contributed by atoms with Crippen LogP contribution in [0.3, 0.4) is 0 Å². The first-order valence-electron chi connectivity index (χ1n) is 8.28. The lowest BCUT2D eigenvalue weighted by Gasteiger charge is -2.29. The van der Waals surface area contributed by atoms with Crippen molar-refractivity contribution in [1.82, 2.24) is 5.32 Å². The van der Waals surface area contributed by atoms with E-state index >= 15 is 0 Å². The highest BCUT2D eigenvalue weighted by Crippen LogP contribution is 2.21. The Morgan fingerprint density at radius 2 is 1.92 bits per heavy atom. The van der Waals surface area contributed by atoms with Crippen LogP contribution in [0.5, 0.6) is 0 Å². The number of aliphatic hydroxyl groups excluding tert-OH is 1. The predicted molar refractivity (Wildman–Crippen MR) is 93.2 cm³/mol. The zero-order valence-corrected chi connectivity index (χ0v) is 13.8. The maximum absolute atomic E-state index is 14.3. The van der Waals surface area contributed by atoms with Crippen molar-refractivity contribution in [3.63, 3.8) is 0 Å². The van der Waals surface area contributed by atoms with Gasteiger partial charge in [0, 0.05) is 25.2 Å². The molecule has 0 aliphatic carbocycles. The Morgan fingerprint density at radius 1 is 1.20 bits per heavy atom. The number of anilines is 1. The van der Waals surface area contributed by atoms with Crippen molar-refractivity contribution in [3.05, 3.63) is 65.5 Å². The Bertz CT molecular complexity index is 718. The lowest BCUT2D eigenvalue weighted by atomic mass is 10.1. The minimum atomic E-state index is -0.803. The fraction of sp³-hybridized carbons (Fsp3) is 0.316. The second-order valence-corrected chi connectivity index (χ2v) is 5.90. The van der Waals surface area contributed by atoms with Gasteiger partial charge in [-0.1, -0.05) is 30.3 Å². The smallest absolute Gasteiger partial charge is 0.251 e. The van der Waals surface area contributed by atoms with Crippen molar-refractivity contribution in [3.8, 4) is 0 Å². The van der Waals surface area contributed by atoms with Gasteiger partial charge in [0.05, 0.1) is 25.0 Å². The molecule has 2 aromatic carbocycles. The first-order valence-corrected chi connectivity index (χ1v) is 8.28. The van der Waals surface area contributed by atoms with Gasteiger partial charge in [-0.05, 0) is 23.8 Å². The average molecular weight is 344 g/mol. The first-order chi connectivity index (χ1) is 12.1. The van der Waals surface area contributed by atoms with Crippen molar-refractivity contribution in [1.29, 1.82) is 0 Å². The predicted octanol–water partition coefficient (Wildman–Crippen LogP) is 2.13. The van der Waals surface area contributed by atoms with E-state index in [0.29, 0.717) is 32.0 Å². The van der Waals surface area contributed by atoms with Gasteiger partial charge < -0.3 is 20.1 Å². The van der Waals surface area contributed by atoms with Crippen molar-refractivity contribution in [2.24, 2.45) is 0 Å². The van der Waals surface area contributed by atoms with E-state index in [4.69, 9.17) is 4.74 Å². The van der Waals surface area contributed by atoms with Gasteiger partial charge in [0.2, 0.25) is 0 Å². The molecule has 5 nitrogen and oxygen atoms in total. The van der Waals surface area contributed by atoms with Crippen LogP contribution in [0.25, 0.3) is 0 Å². The number of benzene rings is 2. The molecule has 1 aliphatic heterocycles. The first kappa shape index (κ1) is 17.4. The van der Waals surface area contributed by atoms with Crippen molar-refractivity contribution < 1.29 is 19.0 Å². The van der Waals surface area contributed by atoms with Crippen LogP contribution in [-0.2, 0) is 4.74 Å². The summed E-state index contributed by atoms with van der Waals surface area (Å²) in [6.07, 6.45) is -0.803. The Balaban J connectivity index is 1.61. The standard InChI is InChI=1S/C19H21FN2O3/c20-16-12-15(6-7-17(16)22-8-10-25-11-9-22)19(24)21-13-18(23)14-4-2-1-3-5-14/h1-7,12,18,23H,8-11,13H2,(H,21,24)/t18-/m1/s1. The van der Waals surface area contributed by atoms with E-state index in [9.17, 15) is 14.3 Å². The highest BCUT2D eigenvalue weighted by atomic mass is 19.1. The molecular formula is C19H21FN2O3. The summed E-state index contributed by atoms with van der Waals surface area (Å²) in [5.41, 5.74) is 1.43. The Morgan fingerprint density at radius 3 is 2.60 bits per heavy atom. The fourth-order valence-electron chi connectivity index (χ4n) is 2.79. The van der Waals surface area contributed by atoms with Crippen LogP contribution >= 0.6 is 0 Å². The molecule has 0 saturated carbocycles. The SMILES string of the molecule is O=C(NC[C@@H](O)c1ccccc1)c1ccc(N2CCOCC2)c(F)c1. The van der Waals surface area contributed by atoms with Gasteiger partial charge in [-0.15, -0.1) is 0 Å². The lowest BCUT2D eigenvalue weighted by molar-refractivity contribution is 0.0916. The molecule has 0 aromatic heterocycles. The molecule has 1 saturated heterocycles. The van der Waals surface area contributed by atoms with E-state index in [1.165, 1.54) is 6.07 Å². The highest BCUT2D eigenvalue weighted by Gasteiger charge is 2.17. The molecular weight excluding hydrogens is 323 g/mol. The minimum absolute atomic E-state index is 0.0652. The van der Waals surface area contributed by atoms with E-state index in [2.05, 4.69) is 5.32 Å². The molecule has 2 N–H and O–H groups in total. The van der Waals surface area contributed by atoms with Crippen LogP contribution in [0.4, 0.5) is 10.1 Å². The molecule has 25 heavy (non-hydrogen) atoms.